The Morgan fingerprint density at radius 2 is 2.16 bits per heavy atom. The molecule has 0 radical (unpaired) electrons. The van der Waals surface area contributed by atoms with Crippen molar-refractivity contribution in [1.29, 1.82) is 0 Å². The van der Waals surface area contributed by atoms with Gasteiger partial charge >= 0.3 is 0 Å². The molecule has 104 valence electrons. The van der Waals surface area contributed by atoms with E-state index in [2.05, 4.69) is 11.8 Å². The number of hydrogen-bond donors (Lipinski definition) is 2. The van der Waals surface area contributed by atoms with Gasteiger partial charge in [0.1, 0.15) is 0 Å². The molecule has 0 aliphatic heterocycles. The van der Waals surface area contributed by atoms with Crippen LogP contribution in [0.15, 0.2) is 29.2 Å². The van der Waals surface area contributed by atoms with E-state index in [9.17, 15) is 8.42 Å². The van der Waals surface area contributed by atoms with E-state index in [-0.39, 0.29) is 18.0 Å². The van der Waals surface area contributed by atoms with Gasteiger partial charge in [0, 0.05) is 18.7 Å². The zero-order valence-corrected chi connectivity index (χ0v) is 11.8. The highest BCUT2D eigenvalue weighted by Crippen LogP contribution is 2.17. The molecular weight excluding hydrogens is 264 g/mol. The van der Waals surface area contributed by atoms with Crippen LogP contribution in [0, 0.1) is 11.8 Å². The zero-order chi connectivity index (χ0) is 14.5. The fourth-order valence-electron chi connectivity index (χ4n) is 1.41. The first-order valence-corrected chi connectivity index (χ1v) is 7.25. The van der Waals surface area contributed by atoms with Crippen molar-refractivity contribution in [2.45, 2.75) is 17.9 Å². The van der Waals surface area contributed by atoms with Crippen LogP contribution in [0.4, 0.5) is 0 Å². The number of rotatable bonds is 4. The number of hydrogen-bond acceptors (Lipinski definition) is 4. The lowest BCUT2D eigenvalue weighted by molar-refractivity contribution is 0.214. The molecule has 0 amide bonds. The maximum absolute atomic E-state index is 12.3. The minimum atomic E-state index is -3.62. The van der Waals surface area contributed by atoms with Gasteiger partial charge in [-0.1, -0.05) is 17.9 Å². The molecule has 0 heterocycles. The summed E-state index contributed by atoms with van der Waals surface area (Å²) in [5.74, 6) is 5.47. The molecule has 6 heteroatoms. The van der Waals surface area contributed by atoms with E-state index >= 15 is 0 Å². The van der Waals surface area contributed by atoms with Gasteiger partial charge in [-0.3, -0.25) is 0 Å². The lowest BCUT2D eigenvalue weighted by atomic mass is 10.2. The fraction of sp³-hybridized carbons (Fsp3) is 0.385. The van der Waals surface area contributed by atoms with E-state index in [1.807, 2.05) is 0 Å². The van der Waals surface area contributed by atoms with Gasteiger partial charge in [-0.05, 0) is 25.1 Å². The first-order valence-electron chi connectivity index (χ1n) is 5.81. The summed E-state index contributed by atoms with van der Waals surface area (Å²) < 4.78 is 25.7. The predicted molar refractivity (Wildman–Crippen MR) is 73.9 cm³/mol. The van der Waals surface area contributed by atoms with E-state index < -0.39 is 16.1 Å². The van der Waals surface area contributed by atoms with Crippen LogP contribution in [0.2, 0.25) is 0 Å². The van der Waals surface area contributed by atoms with Gasteiger partial charge in [0.2, 0.25) is 10.0 Å². The van der Waals surface area contributed by atoms with Crippen LogP contribution in [-0.2, 0) is 10.0 Å². The van der Waals surface area contributed by atoms with Crippen molar-refractivity contribution in [3.05, 3.63) is 29.8 Å². The van der Waals surface area contributed by atoms with Gasteiger partial charge in [-0.15, -0.1) is 0 Å². The Hall–Kier alpha value is -1.39. The van der Waals surface area contributed by atoms with Gasteiger partial charge in [0.05, 0.1) is 18.0 Å². The van der Waals surface area contributed by atoms with Crippen molar-refractivity contribution < 1.29 is 13.5 Å². The molecule has 19 heavy (non-hydrogen) atoms. The van der Waals surface area contributed by atoms with Crippen LogP contribution in [0.25, 0.3) is 0 Å². The normalized spacial score (nSPS) is 12.9. The van der Waals surface area contributed by atoms with Crippen molar-refractivity contribution >= 4 is 10.0 Å². The number of nitrogens with zero attached hydrogens (tertiary/aromatic N) is 1. The van der Waals surface area contributed by atoms with Crippen LogP contribution < -0.4 is 5.73 Å². The van der Waals surface area contributed by atoms with Crippen molar-refractivity contribution in [3.63, 3.8) is 0 Å². The molecular formula is C13H18N2O3S. The van der Waals surface area contributed by atoms with Gasteiger partial charge in [0.25, 0.3) is 0 Å². The Labute approximate surface area is 114 Å². The van der Waals surface area contributed by atoms with Crippen molar-refractivity contribution in [3.8, 4) is 11.8 Å². The number of benzene rings is 1. The Morgan fingerprint density at radius 1 is 1.47 bits per heavy atom. The monoisotopic (exact) mass is 282 g/mol. The third kappa shape index (κ3) is 3.78. The van der Waals surface area contributed by atoms with Gasteiger partial charge in [-0.25, -0.2) is 8.42 Å². The van der Waals surface area contributed by atoms with Gasteiger partial charge in [-0.2, -0.15) is 4.31 Å². The van der Waals surface area contributed by atoms with Crippen molar-refractivity contribution in [2.24, 2.45) is 5.73 Å². The quantitative estimate of drug-likeness (QED) is 0.761. The molecule has 1 unspecified atom stereocenters. The molecule has 0 aliphatic rings. The fourth-order valence-corrected chi connectivity index (χ4v) is 2.80. The molecule has 1 atom stereocenters. The van der Waals surface area contributed by atoms with E-state index in [0.29, 0.717) is 5.56 Å². The molecule has 1 rings (SSSR count). The van der Waals surface area contributed by atoms with Crippen LogP contribution in [0.5, 0.6) is 0 Å². The third-order valence-corrected chi connectivity index (χ3v) is 4.70. The Morgan fingerprint density at radius 3 is 2.74 bits per heavy atom. The maximum Gasteiger partial charge on any atom is 0.243 e. The summed E-state index contributed by atoms with van der Waals surface area (Å²) >= 11 is 0. The summed E-state index contributed by atoms with van der Waals surface area (Å²) in [6.45, 7) is 1.62. The van der Waals surface area contributed by atoms with Crippen molar-refractivity contribution in [2.75, 3.05) is 20.2 Å². The standard InChI is InChI=1S/C13H18N2O3S/c1-11(10-16)15(2)19(17,18)13-7-3-5-12(9-13)6-4-8-14/h3,5,7,9,11,16H,8,10,14H2,1-2H3. The number of sulfonamides is 1. The first kappa shape index (κ1) is 15.7. The molecule has 0 aromatic heterocycles. The summed E-state index contributed by atoms with van der Waals surface area (Å²) in [7, 11) is -2.18. The lowest BCUT2D eigenvalue weighted by Crippen LogP contribution is -2.37. The third-order valence-electron chi connectivity index (χ3n) is 2.73. The van der Waals surface area contributed by atoms with Crippen LogP contribution in [0.3, 0.4) is 0 Å². The van der Waals surface area contributed by atoms with Gasteiger partial charge < -0.3 is 10.8 Å². The highest BCUT2D eigenvalue weighted by Gasteiger charge is 2.24. The summed E-state index contributed by atoms with van der Waals surface area (Å²) in [4.78, 5) is 0.152. The molecule has 1 aromatic rings. The number of aliphatic hydroxyl groups excluding tert-OH is 1. The van der Waals surface area contributed by atoms with Gasteiger partial charge in [0.15, 0.2) is 0 Å². The molecule has 5 nitrogen and oxygen atoms in total. The maximum atomic E-state index is 12.3. The summed E-state index contributed by atoms with van der Waals surface area (Å²) in [5.41, 5.74) is 5.87. The molecule has 1 aromatic carbocycles. The first-order chi connectivity index (χ1) is 8.93. The highest BCUT2D eigenvalue weighted by atomic mass is 32.2. The molecule has 0 bridgehead atoms. The van der Waals surface area contributed by atoms with Crippen LogP contribution >= 0.6 is 0 Å². The Kier molecular flexibility index (Phi) is 5.51. The molecule has 0 saturated carbocycles. The Bertz CT molecular complexity index is 587. The summed E-state index contributed by atoms with van der Waals surface area (Å²) in [6, 6.07) is 5.87. The number of nitrogens with two attached hydrogens (primary N) is 1. The lowest BCUT2D eigenvalue weighted by Gasteiger charge is -2.22. The van der Waals surface area contributed by atoms with E-state index in [1.165, 1.54) is 19.2 Å². The van der Waals surface area contributed by atoms with E-state index in [0.717, 1.165) is 4.31 Å². The molecule has 3 N–H and O–H groups in total. The number of aliphatic hydroxyl groups is 1. The highest BCUT2D eigenvalue weighted by molar-refractivity contribution is 7.89. The molecule has 0 fully saturated rings. The minimum Gasteiger partial charge on any atom is -0.395 e. The smallest absolute Gasteiger partial charge is 0.243 e. The zero-order valence-electron chi connectivity index (χ0n) is 11.0. The second-order valence-corrected chi connectivity index (χ2v) is 6.08. The summed E-state index contributed by atoms with van der Waals surface area (Å²) in [5, 5.41) is 9.04. The molecule has 0 saturated heterocycles. The predicted octanol–water partition coefficient (Wildman–Crippen LogP) is -0.00190. The van der Waals surface area contributed by atoms with Crippen LogP contribution in [0.1, 0.15) is 12.5 Å². The average Bonchev–Trinajstić information content (AvgIpc) is 2.43. The SMILES string of the molecule is CC(CO)N(C)S(=O)(=O)c1cccc(C#CCN)c1. The second kappa shape index (κ2) is 6.68. The second-order valence-electron chi connectivity index (χ2n) is 4.09. The van der Waals surface area contributed by atoms with E-state index in [4.69, 9.17) is 10.8 Å². The average molecular weight is 282 g/mol. The largest absolute Gasteiger partial charge is 0.395 e. The molecule has 0 spiro atoms. The van der Waals surface area contributed by atoms with E-state index in [1.54, 1.807) is 19.1 Å². The topological polar surface area (TPSA) is 83.6 Å². The minimum absolute atomic E-state index is 0.152. The molecule has 0 aliphatic carbocycles. The Balaban J connectivity index is 3.15. The van der Waals surface area contributed by atoms with Crippen LogP contribution in [-0.4, -0.2) is 44.1 Å². The summed E-state index contributed by atoms with van der Waals surface area (Å²) in [6.07, 6.45) is 0. The van der Waals surface area contributed by atoms with Crippen molar-refractivity contribution in [1.82, 2.24) is 4.31 Å². The number of likely N-dealkylation sites (N-methyl/N-ethyl adjacent to an activating group) is 1.